The Labute approximate surface area is 98.9 Å². The Kier molecular flexibility index (Phi) is 4.59. The number of hydrogen-bond acceptors (Lipinski definition) is 3. The van der Waals surface area contributed by atoms with Crippen LogP contribution in [0.5, 0.6) is 0 Å². The van der Waals surface area contributed by atoms with Gasteiger partial charge in [-0.05, 0) is 17.7 Å². The Morgan fingerprint density at radius 1 is 1.41 bits per heavy atom. The van der Waals surface area contributed by atoms with Gasteiger partial charge in [0.15, 0.2) is 0 Å². The average molecular weight is 260 g/mol. The van der Waals surface area contributed by atoms with E-state index in [0.29, 0.717) is 5.56 Å². The first kappa shape index (κ1) is 13.6. The number of nitrogens with one attached hydrogen (secondary N) is 1. The molecule has 1 aromatic rings. The zero-order valence-corrected chi connectivity index (χ0v) is 9.84. The Bertz CT molecular complexity index is 502. The Morgan fingerprint density at radius 3 is 2.71 bits per heavy atom. The number of primary sulfonamides is 1. The van der Waals surface area contributed by atoms with Crippen LogP contribution in [-0.4, -0.2) is 26.6 Å². The maximum absolute atomic E-state index is 12.8. The maximum atomic E-state index is 12.8. The van der Waals surface area contributed by atoms with Crippen molar-refractivity contribution in [2.75, 3.05) is 12.3 Å². The van der Waals surface area contributed by atoms with Gasteiger partial charge in [0.1, 0.15) is 5.82 Å². The number of amides is 1. The number of carbonyl (C=O) groups is 1. The Balaban J connectivity index is 2.40. The van der Waals surface area contributed by atoms with Crippen LogP contribution in [0.15, 0.2) is 24.3 Å². The summed E-state index contributed by atoms with van der Waals surface area (Å²) in [6.45, 7) is -0.0486. The standard InChI is InChI=1S/C10H13FN2O3S/c11-9-3-1-2-8(6-9)7-10(14)13-4-5-17(12,15)16/h1-3,6H,4-5,7H2,(H,13,14)(H2,12,15,16). The minimum atomic E-state index is -3.57. The van der Waals surface area contributed by atoms with Crippen LogP contribution in [0.2, 0.25) is 0 Å². The van der Waals surface area contributed by atoms with E-state index in [1.165, 1.54) is 18.2 Å². The largest absolute Gasteiger partial charge is 0.355 e. The summed E-state index contributed by atoms with van der Waals surface area (Å²) in [4.78, 5) is 11.3. The summed E-state index contributed by atoms with van der Waals surface area (Å²) >= 11 is 0. The lowest BCUT2D eigenvalue weighted by atomic mass is 10.1. The van der Waals surface area contributed by atoms with E-state index < -0.39 is 15.8 Å². The fourth-order valence-electron chi connectivity index (χ4n) is 1.23. The molecule has 1 aromatic carbocycles. The van der Waals surface area contributed by atoms with E-state index in [-0.39, 0.29) is 24.6 Å². The summed E-state index contributed by atoms with van der Waals surface area (Å²) in [5, 5.41) is 7.15. The highest BCUT2D eigenvalue weighted by molar-refractivity contribution is 7.89. The van der Waals surface area contributed by atoms with Crippen LogP contribution in [0.4, 0.5) is 4.39 Å². The van der Waals surface area contributed by atoms with Crippen molar-refractivity contribution in [3.05, 3.63) is 35.6 Å². The van der Waals surface area contributed by atoms with Crippen LogP contribution in [0.25, 0.3) is 0 Å². The fraction of sp³-hybridized carbons (Fsp3) is 0.300. The number of nitrogens with two attached hydrogens (primary N) is 1. The van der Waals surface area contributed by atoms with Crippen LogP contribution < -0.4 is 10.5 Å². The van der Waals surface area contributed by atoms with Crippen LogP contribution >= 0.6 is 0 Å². The quantitative estimate of drug-likeness (QED) is 0.766. The highest BCUT2D eigenvalue weighted by Crippen LogP contribution is 2.03. The molecule has 0 aromatic heterocycles. The number of halogens is 1. The van der Waals surface area contributed by atoms with Gasteiger partial charge in [-0.25, -0.2) is 17.9 Å². The molecule has 17 heavy (non-hydrogen) atoms. The summed E-state index contributed by atoms with van der Waals surface area (Å²) in [6, 6.07) is 5.65. The second-order valence-corrected chi connectivity index (χ2v) is 5.26. The lowest BCUT2D eigenvalue weighted by molar-refractivity contribution is -0.120. The molecule has 0 aliphatic carbocycles. The lowest BCUT2D eigenvalue weighted by Gasteiger charge is -2.04. The summed E-state index contributed by atoms with van der Waals surface area (Å²) in [7, 11) is -3.57. The van der Waals surface area contributed by atoms with Crippen molar-refractivity contribution in [3.63, 3.8) is 0 Å². The van der Waals surface area contributed by atoms with E-state index in [0.717, 1.165) is 0 Å². The second-order valence-electron chi connectivity index (χ2n) is 3.52. The zero-order valence-electron chi connectivity index (χ0n) is 9.02. The van der Waals surface area contributed by atoms with E-state index in [1.807, 2.05) is 0 Å². The van der Waals surface area contributed by atoms with Gasteiger partial charge in [0.25, 0.3) is 0 Å². The number of rotatable bonds is 5. The van der Waals surface area contributed by atoms with Crippen molar-refractivity contribution in [2.45, 2.75) is 6.42 Å². The maximum Gasteiger partial charge on any atom is 0.224 e. The van der Waals surface area contributed by atoms with Gasteiger partial charge in [-0.2, -0.15) is 0 Å². The van der Waals surface area contributed by atoms with Crippen molar-refractivity contribution >= 4 is 15.9 Å². The van der Waals surface area contributed by atoms with Crippen molar-refractivity contribution in [3.8, 4) is 0 Å². The summed E-state index contributed by atoms with van der Waals surface area (Å²) in [5.74, 6) is -1.11. The molecule has 0 unspecified atom stereocenters. The average Bonchev–Trinajstić information content (AvgIpc) is 2.15. The summed E-state index contributed by atoms with van der Waals surface area (Å²) < 4.78 is 34.0. The molecule has 7 heteroatoms. The van der Waals surface area contributed by atoms with Gasteiger partial charge in [-0.3, -0.25) is 4.79 Å². The third kappa shape index (κ3) is 5.98. The molecular formula is C10H13FN2O3S. The molecule has 0 saturated heterocycles. The minimum Gasteiger partial charge on any atom is -0.355 e. The third-order valence-electron chi connectivity index (χ3n) is 1.96. The van der Waals surface area contributed by atoms with Crippen molar-refractivity contribution in [1.82, 2.24) is 5.32 Å². The van der Waals surface area contributed by atoms with E-state index >= 15 is 0 Å². The first-order chi connectivity index (χ1) is 7.87. The van der Waals surface area contributed by atoms with Crippen molar-refractivity contribution in [1.29, 1.82) is 0 Å². The zero-order chi connectivity index (χ0) is 12.9. The first-order valence-electron chi connectivity index (χ1n) is 4.88. The van der Waals surface area contributed by atoms with Crippen molar-refractivity contribution < 1.29 is 17.6 Å². The third-order valence-corrected chi connectivity index (χ3v) is 2.74. The van der Waals surface area contributed by atoms with Gasteiger partial charge in [0.2, 0.25) is 15.9 Å². The van der Waals surface area contributed by atoms with Crippen LogP contribution in [-0.2, 0) is 21.2 Å². The molecule has 0 bridgehead atoms. The molecule has 5 nitrogen and oxygen atoms in total. The van der Waals surface area contributed by atoms with E-state index in [9.17, 15) is 17.6 Å². The van der Waals surface area contributed by atoms with E-state index in [1.54, 1.807) is 6.07 Å². The van der Waals surface area contributed by atoms with E-state index in [4.69, 9.17) is 5.14 Å². The SMILES string of the molecule is NS(=O)(=O)CCNC(=O)Cc1cccc(F)c1. The Hall–Kier alpha value is -1.47. The minimum absolute atomic E-state index is 0.00236. The summed E-state index contributed by atoms with van der Waals surface area (Å²) in [6.07, 6.45) is 0.00236. The molecule has 94 valence electrons. The number of hydrogen-bond donors (Lipinski definition) is 2. The van der Waals surface area contributed by atoms with Gasteiger partial charge < -0.3 is 5.32 Å². The molecule has 0 fully saturated rings. The van der Waals surface area contributed by atoms with Gasteiger partial charge >= 0.3 is 0 Å². The van der Waals surface area contributed by atoms with E-state index in [2.05, 4.69) is 5.32 Å². The van der Waals surface area contributed by atoms with Crippen LogP contribution in [0.3, 0.4) is 0 Å². The second kappa shape index (κ2) is 5.74. The summed E-state index contributed by atoms with van der Waals surface area (Å²) in [5.41, 5.74) is 0.526. The van der Waals surface area contributed by atoms with Gasteiger partial charge in [0, 0.05) is 6.54 Å². The molecule has 0 heterocycles. The number of benzene rings is 1. The predicted octanol–water partition coefficient (Wildman–Crippen LogP) is -0.227. The molecule has 1 amide bonds. The molecule has 0 aliphatic rings. The highest BCUT2D eigenvalue weighted by atomic mass is 32.2. The molecule has 0 spiro atoms. The smallest absolute Gasteiger partial charge is 0.224 e. The van der Waals surface area contributed by atoms with Crippen molar-refractivity contribution in [2.24, 2.45) is 5.14 Å². The number of carbonyl (C=O) groups excluding carboxylic acids is 1. The number of sulfonamides is 1. The Morgan fingerprint density at radius 2 is 2.12 bits per heavy atom. The lowest BCUT2D eigenvalue weighted by Crippen LogP contribution is -2.32. The molecule has 0 aliphatic heterocycles. The topological polar surface area (TPSA) is 89.3 Å². The van der Waals surface area contributed by atoms with Crippen LogP contribution in [0.1, 0.15) is 5.56 Å². The molecule has 0 radical (unpaired) electrons. The van der Waals surface area contributed by atoms with Gasteiger partial charge in [-0.15, -0.1) is 0 Å². The molecule has 3 N–H and O–H groups in total. The fourth-order valence-corrected chi connectivity index (χ4v) is 1.61. The van der Waals surface area contributed by atoms with Gasteiger partial charge in [0.05, 0.1) is 12.2 Å². The molecule has 1 rings (SSSR count). The normalized spacial score (nSPS) is 11.2. The molecule has 0 saturated carbocycles. The van der Waals surface area contributed by atoms with Gasteiger partial charge in [-0.1, -0.05) is 12.1 Å². The predicted molar refractivity (Wildman–Crippen MR) is 61.1 cm³/mol. The monoisotopic (exact) mass is 260 g/mol. The van der Waals surface area contributed by atoms with Crippen LogP contribution in [0, 0.1) is 5.82 Å². The first-order valence-corrected chi connectivity index (χ1v) is 6.60. The highest BCUT2D eigenvalue weighted by Gasteiger charge is 2.06. The molecular weight excluding hydrogens is 247 g/mol. The molecule has 0 atom stereocenters.